The van der Waals surface area contributed by atoms with Crippen LogP contribution >= 0.6 is 0 Å². The van der Waals surface area contributed by atoms with Crippen molar-refractivity contribution in [3.05, 3.63) is 35.4 Å². The van der Waals surface area contributed by atoms with Gasteiger partial charge in [0.25, 0.3) is 0 Å². The van der Waals surface area contributed by atoms with Gasteiger partial charge in [0, 0.05) is 25.6 Å². The highest BCUT2D eigenvalue weighted by Gasteiger charge is 2.33. The molecule has 1 unspecified atom stereocenters. The molecule has 0 saturated carbocycles. The van der Waals surface area contributed by atoms with E-state index in [1.807, 2.05) is 6.92 Å². The molecule has 1 aliphatic rings. The van der Waals surface area contributed by atoms with Crippen molar-refractivity contribution < 1.29 is 18.4 Å². The van der Waals surface area contributed by atoms with Crippen LogP contribution in [0.4, 0.5) is 8.78 Å². The number of amides is 2. The number of rotatable bonds is 6. The zero-order valence-electron chi connectivity index (χ0n) is 13.3. The minimum absolute atomic E-state index is 0.0114. The van der Waals surface area contributed by atoms with E-state index in [4.69, 9.17) is 0 Å². The molecule has 2 amide bonds. The first-order chi connectivity index (χ1) is 11.0. The van der Waals surface area contributed by atoms with Crippen LogP contribution in [0.5, 0.6) is 0 Å². The Morgan fingerprint density at radius 2 is 1.96 bits per heavy atom. The molecule has 4 nitrogen and oxygen atoms in total. The smallest absolute Gasteiger partial charge is 0.242 e. The largest absolute Gasteiger partial charge is 0.354 e. The van der Waals surface area contributed by atoms with Crippen LogP contribution in [0, 0.1) is 11.6 Å². The number of carbonyl (C=O) groups excluding carboxylic acids is 2. The van der Waals surface area contributed by atoms with Crippen LogP contribution in [0.15, 0.2) is 18.2 Å². The van der Waals surface area contributed by atoms with Crippen molar-refractivity contribution in [3.63, 3.8) is 0 Å². The van der Waals surface area contributed by atoms with Gasteiger partial charge in [-0.25, -0.2) is 8.78 Å². The summed E-state index contributed by atoms with van der Waals surface area (Å²) in [6.07, 6.45) is 3.04. The Labute approximate surface area is 134 Å². The second kappa shape index (κ2) is 8.04. The number of benzene rings is 1. The maximum absolute atomic E-state index is 13.1. The summed E-state index contributed by atoms with van der Waals surface area (Å²) in [4.78, 5) is 25.9. The van der Waals surface area contributed by atoms with Crippen molar-refractivity contribution in [2.24, 2.45) is 0 Å². The average molecular weight is 324 g/mol. The maximum Gasteiger partial charge on any atom is 0.242 e. The van der Waals surface area contributed by atoms with Crippen molar-refractivity contribution in [2.45, 2.75) is 45.1 Å². The number of hydrogen-bond donors (Lipinski definition) is 1. The standard InChI is InChI=1S/C17H22F2N2O2/c1-2-4-16(22)21-8-3-5-15(21)17(23)20-7-6-12-9-13(18)11-14(19)10-12/h9-11,15H,2-8H2,1H3,(H,20,23). The number of hydrogen-bond acceptors (Lipinski definition) is 2. The summed E-state index contributed by atoms with van der Waals surface area (Å²) in [6.45, 7) is 2.83. The van der Waals surface area contributed by atoms with Gasteiger partial charge in [0.05, 0.1) is 0 Å². The van der Waals surface area contributed by atoms with Crippen molar-refractivity contribution in [1.82, 2.24) is 10.2 Å². The van der Waals surface area contributed by atoms with Crippen molar-refractivity contribution in [2.75, 3.05) is 13.1 Å². The number of nitrogens with one attached hydrogen (secondary N) is 1. The lowest BCUT2D eigenvalue weighted by molar-refractivity contribution is -0.138. The second-order valence-corrected chi connectivity index (χ2v) is 5.81. The van der Waals surface area contributed by atoms with Crippen LogP contribution in [0.2, 0.25) is 0 Å². The van der Waals surface area contributed by atoms with Gasteiger partial charge in [-0.05, 0) is 43.4 Å². The minimum Gasteiger partial charge on any atom is -0.354 e. The van der Waals surface area contributed by atoms with Gasteiger partial charge in [0.1, 0.15) is 17.7 Å². The van der Waals surface area contributed by atoms with Crippen molar-refractivity contribution >= 4 is 11.8 Å². The maximum atomic E-state index is 13.1. The molecule has 1 atom stereocenters. The van der Waals surface area contributed by atoms with Crippen LogP contribution in [-0.2, 0) is 16.0 Å². The van der Waals surface area contributed by atoms with Gasteiger partial charge >= 0.3 is 0 Å². The normalized spacial score (nSPS) is 17.3. The summed E-state index contributed by atoms with van der Waals surface area (Å²) in [7, 11) is 0. The molecule has 1 aromatic rings. The third kappa shape index (κ3) is 4.74. The van der Waals surface area contributed by atoms with Crippen LogP contribution in [-0.4, -0.2) is 35.8 Å². The SMILES string of the molecule is CCCC(=O)N1CCCC1C(=O)NCCc1cc(F)cc(F)c1. The fourth-order valence-electron chi connectivity index (χ4n) is 2.90. The Bertz CT molecular complexity index is 557. The molecule has 6 heteroatoms. The van der Waals surface area contributed by atoms with Gasteiger partial charge < -0.3 is 10.2 Å². The molecular weight excluding hydrogens is 302 g/mol. The minimum atomic E-state index is -0.626. The second-order valence-electron chi connectivity index (χ2n) is 5.81. The lowest BCUT2D eigenvalue weighted by Crippen LogP contribution is -2.46. The Hall–Kier alpha value is -1.98. The third-order valence-electron chi connectivity index (χ3n) is 3.97. The first-order valence-electron chi connectivity index (χ1n) is 8.03. The Balaban J connectivity index is 1.85. The Morgan fingerprint density at radius 1 is 1.26 bits per heavy atom. The van der Waals surface area contributed by atoms with E-state index >= 15 is 0 Å². The fourth-order valence-corrected chi connectivity index (χ4v) is 2.90. The van der Waals surface area contributed by atoms with E-state index in [9.17, 15) is 18.4 Å². The fraction of sp³-hybridized carbons (Fsp3) is 0.529. The molecule has 0 aliphatic carbocycles. The monoisotopic (exact) mass is 324 g/mol. The van der Waals surface area contributed by atoms with Crippen LogP contribution in [0.25, 0.3) is 0 Å². The van der Waals surface area contributed by atoms with E-state index in [0.29, 0.717) is 31.4 Å². The van der Waals surface area contributed by atoms with Gasteiger partial charge in [0.15, 0.2) is 0 Å². The molecule has 1 aliphatic heterocycles. The highest BCUT2D eigenvalue weighted by Crippen LogP contribution is 2.19. The van der Waals surface area contributed by atoms with E-state index in [2.05, 4.69) is 5.32 Å². The molecule has 0 radical (unpaired) electrons. The first-order valence-corrected chi connectivity index (χ1v) is 8.03. The number of likely N-dealkylation sites (tertiary alicyclic amines) is 1. The first kappa shape index (κ1) is 17.4. The van der Waals surface area contributed by atoms with E-state index in [-0.39, 0.29) is 18.4 Å². The van der Waals surface area contributed by atoms with Gasteiger partial charge in [-0.15, -0.1) is 0 Å². The molecule has 1 fully saturated rings. The highest BCUT2D eigenvalue weighted by molar-refractivity contribution is 5.88. The van der Waals surface area contributed by atoms with Crippen LogP contribution < -0.4 is 5.32 Å². The number of carbonyl (C=O) groups is 2. The number of halogens is 2. The molecule has 1 aromatic carbocycles. The molecule has 0 aromatic heterocycles. The summed E-state index contributed by atoms with van der Waals surface area (Å²) in [5.74, 6) is -1.43. The van der Waals surface area contributed by atoms with E-state index in [1.54, 1.807) is 4.90 Å². The molecule has 2 rings (SSSR count). The topological polar surface area (TPSA) is 49.4 Å². The predicted molar refractivity (Wildman–Crippen MR) is 82.7 cm³/mol. The molecule has 23 heavy (non-hydrogen) atoms. The summed E-state index contributed by atoms with van der Waals surface area (Å²) in [5, 5.41) is 2.76. The van der Waals surface area contributed by atoms with Gasteiger partial charge in [-0.2, -0.15) is 0 Å². The lowest BCUT2D eigenvalue weighted by Gasteiger charge is -2.23. The lowest BCUT2D eigenvalue weighted by atomic mass is 10.1. The van der Waals surface area contributed by atoms with Crippen molar-refractivity contribution in [1.29, 1.82) is 0 Å². The van der Waals surface area contributed by atoms with Crippen LogP contribution in [0.1, 0.15) is 38.2 Å². The Morgan fingerprint density at radius 3 is 2.61 bits per heavy atom. The van der Waals surface area contributed by atoms with Gasteiger partial charge in [-0.1, -0.05) is 6.92 Å². The summed E-state index contributed by atoms with van der Waals surface area (Å²) in [6, 6.07) is 2.90. The summed E-state index contributed by atoms with van der Waals surface area (Å²) >= 11 is 0. The van der Waals surface area contributed by atoms with E-state index in [0.717, 1.165) is 18.9 Å². The summed E-state index contributed by atoms with van der Waals surface area (Å²) in [5.41, 5.74) is 0.494. The highest BCUT2D eigenvalue weighted by atomic mass is 19.1. The zero-order valence-corrected chi connectivity index (χ0v) is 13.3. The van der Waals surface area contributed by atoms with Crippen molar-refractivity contribution in [3.8, 4) is 0 Å². The molecule has 1 heterocycles. The molecule has 126 valence electrons. The third-order valence-corrected chi connectivity index (χ3v) is 3.97. The van der Waals surface area contributed by atoms with E-state index < -0.39 is 17.7 Å². The number of nitrogens with zero attached hydrogens (tertiary/aromatic N) is 1. The molecule has 1 saturated heterocycles. The quantitative estimate of drug-likeness (QED) is 0.874. The Kier molecular flexibility index (Phi) is 6.07. The van der Waals surface area contributed by atoms with Gasteiger partial charge in [0.2, 0.25) is 11.8 Å². The molecule has 1 N–H and O–H groups in total. The predicted octanol–water partition coefficient (Wildman–Crippen LogP) is 2.41. The average Bonchev–Trinajstić information content (AvgIpc) is 2.96. The molecular formula is C17H22F2N2O2. The molecule has 0 spiro atoms. The van der Waals surface area contributed by atoms with Gasteiger partial charge in [-0.3, -0.25) is 9.59 Å². The zero-order chi connectivity index (χ0) is 16.8. The summed E-state index contributed by atoms with van der Waals surface area (Å²) < 4.78 is 26.2. The molecule has 0 bridgehead atoms. The van der Waals surface area contributed by atoms with E-state index in [1.165, 1.54) is 12.1 Å². The van der Waals surface area contributed by atoms with Crippen LogP contribution in [0.3, 0.4) is 0 Å².